The maximum atomic E-state index is 14.1. The number of ether oxygens (including phenoxy) is 3. The van der Waals surface area contributed by atoms with Gasteiger partial charge in [-0.05, 0) is 173 Å². The van der Waals surface area contributed by atoms with Crippen LogP contribution in [0.1, 0.15) is 210 Å². The van der Waals surface area contributed by atoms with Crippen molar-refractivity contribution in [3.8, 4) is 11.5 Å². The van der Waals surface area contributed by atoms with E-state index in [-0.39, 0.29) is 111 Å². The maximum absolute atomic E-state index is 14.1. The number of nitrogens with zero attached hydrogens (tertiary/aromatic N) is 5. The molecule has 4 aliphatic carbocycles. The van der Waals surface area contributed by atoms with Crippen LogP contribution in [-0.2, 0) is 45.3 Å². The van der Waals surface area contributed by atoms with Crippen molar-refractivity contribution in [1.29, 1.82) is 0 Å². The molecule has 7 N–H and O–H groups in total. The van der Waals surface area contributed by atoms with Crippen LogP contribution >= 0.6 is 0 Å². The lowest BCUT2D eigenvalue weighted by Crippen LogP contribution is -2.78. The van der Waals surface area contributed by atoms with E-state index in [4.69, 9.17) is 14.2 Å². The van der Waals surface area contributed by atoms with Crippen LogP contribution in [0.3, 0.4) is 0 Å². The Bertz CT molecular complexity index is 3110. The highest BCUT2D eigenvalue weighted by atomic mass is 19.3. The molecule has 8 aliphatic rings. The minimum Gasteiger partial charge on any atom is -0.504 e. The Hall–Kier alpha value is -5.65. The smallest absolute Gasteiger partial charge is 0.248 e. The number of hydrogen-bond acceptors (Lipinski definition) is 16. The summed E-state index contributed by atoms with van der Waals surface area (Å²) in [6, 6.07) is 11.9. The summed E-state index contributed by atoms with van der Waals surface area (Å²) in [6.07, 6.45) is 13.4. The van der Waals surface area contributed by atoms with E-state index in [0.29, 0.717) is 74.3 Å². The number of phenolic OH excluding ortho intramolecular Hbond substituents is 1. The van der Waals surface area contributed by atoms with E-state index < -0.39 is 40.0 Å². The summed E-state index contributed by atoms with van der Waals surface area (Å²) in [5.74, 6) is -0.940. The van der Waals surface area contributed by atoms with Gasteiger partial charge in [0.25, 0.3) is 0 Å². The van der Waals surface area contributed by atoms with Crippen molar-refractivity contribution in [3.05, 3.63) is 64.7 Å². The van der Waals surface area contributed by atoms with E-state index in [0.717, 1.165) is 112 Å². The summed E-state index contributed by atoms with van der Waals surface area (Å²) in [6.45, 7) is 16.0. The highest BCUT2D eigenvalue weighted by Gasteiger charge is 2.73. The Kier molecular flexibility index (Phi) is 20.6. The SMILES string of the molecule is Cc1nnc(C(C)C)n1C1CC2CCC(C1)N2CC[C@H](NC(=O)C1CCC(F)(F)CC1)c1ccc(NC(C)(C)C(=O)COCC(=O)NCCCCCCCNC(=O)COCC(=O)C(C)(C)N[C@@H]2CC[C@@]3(O)[C@H]4Cc5ccc(O)c6c5[C@@]3(CCN4CC3CC3)[C@H]2O6)cc1. The fraction of sp³-hybridized carbons (Fsp3) is 0.729. The summed E-state index contributed by atoms with van der Waals surface area (Å²) in [5, 5.41) is 48.7. The molecule has 4 bridgehead atoms. The number of nitrogens with one attached hydrogen (secondary N) is 5. The Morgan fingerprint density at radius 2 is 1.39 bits per heavy atom. The van der Waals surface area contributed by atoms with Crippen LogP contribution in [0.15, 0.2) is 36.4 Å². The minimum atomic E-state index is -2.73. The molecule has 11 rings (SSSR count). The van der Waals surface area contributed by atoms with Crippen molar-refractivity contribution in [3.63, 3.8) is 0 Å². The van der Waals surface area contributed by atoms with Gasteiger partial charge in [0.15, 0.2) is 23.1 Å². The fourth-order valence-corrected chi connectivity index (χ4v) is 16.8. The summed E-state index contributed by atoms with van der Waals surface area (Å²) >= 11 is 0. The number of halogens is 2. The number of aromatic hydroxyl groups is 1. The number of ketones is 2. The van der Waals surface area contributed by atoms with Crippen molar-refractivity contribution >= 4 is 35.0 Å². The van der Waals surface area contributed by atoms with Crippen LogP contribution in [0.2, 0.25) is 0 Å². The second kappa shape index (κ2) is 28.0. The summed E-state index contributed by atoms with van der Waals surface area (Å²) in [7, 11) is 0. The number of unbranched alkanes of at least 4 members (excludes halogenated alkanes) is 4. The van der Waals surface area contributed by atoms with E-state index in [1.54, 1.807) is 19.9 Å². The number of rotatable bonds is 32. The number of likely N-dealkylation sites (tertiary alicyclic amines) is 1. The van der Waals surface area contributed by atoms with Crippen LogP contribution in [0.25, 0.3) is 0 Å². The highest BCUT2D eigenvalue weighted by molar-refractivity contribution is 5.92. The minimum absolute atomic E-state index is 0.0354. The second-order valence-corrected chi connectivity index (χ2v) is 29.7. The topological polar surface area (TPSA) is 251 Å². The number of phenols is 1. The first kappa shape index (κ1) is 67.8. The molecule has 2 aromatic carbocycles. The lowest BCUT2D eigenvalue weighted by molar-refractivity contribution is -0.193. The molecule has 3 saturated heterocycles. The largest absolute Gasteiger partial charge is 0.504 e. The number of carbonyl (C=O) groups is 5. The summed E-state index contributed by atoms with van der Waals surface area (Å²) in [5.41, 5.74) is -0.123. The van der Waals surface area contributed by atoms with Crippen LogP contribution in [-0.4, -0.2) is 176 Å². The number of alkyl halides is 2. The van der Waals surface area contributed by atoms with Crippen LogP contribution < -0.4 is 31.3 Å². The van der Waals surface area contributed by atoms with Gasteiger partial charge in [-0.2, -0.15) is 0 Å². The fourth-order valence-electron chi connectivity index (χ4n) is 16.8. The van der Waals surface area contributed by atoms with E-state index in [1.165, 1.54) is 12.8 Å². The highest BCUT2D eigenvalue weighted by Crippen LogP contribution is 2.66. The molecular formula is C70H102F2N10O10. The Balaban J connectivity index is 0.548. The number of aromatic nitrogens is 3. The number of anilines is 1. The standard InChI is InChI=1S/C70H102F2N10O10/c1-43(2)64-79-78-44(3)82(64)52-36-50-20-21-51(37-52)81(50)33-26-53(75-65(88)47-23-27-68(71,72)28-24-47)46-15-18-49(19-16-46)76-66(4,5)57(84)39-90-41-59(86)73-31-11-9-8-10-12-32-74-60(87)42-91-40-58(85)67(6,7)77-54-25-29-70(89)56-35-48-17-22-55(83)62-61(48)69(70,63(54)92-62)30-34-80(56)38-45-13-14-45/h15-19,22,43,45,47,50-54,56,63,76-77,83,89H,8-14,20-21,23-42H2,1-7H3,(H,73,86)(H,74,87)(H,75,88)/t50?,51?,52?,53-,54+,56+,63-,69-,70+/m0/s1. The molecule has 4 aliphatic heterocycles. The van der Waals surface area contributed by atoms with Gasteiger partial charge in [0.2, 0.25) is 23.6 Å². The number of hydrogen-bond donors (Lipinski definition) is 7. The molecule has 22 heteroatoms. The normalized spacial score (nSPS) is 27.1. The van der Waals surface area contributed by atoms with Gasteiger partial charge in [-0.15, -0.1) is 10.2 Å². The third-order valence-electron chi connectivity index (χ3n) is 22.1. The van der Waals surface area contributed by atoms with Gasteiger partial charge in [-0.3, -0.25) is 39.1 Å². The Morgan fingerprint density at radius 3 is 2.02 bits per heavy atom. The molecule has 506 valence electrons. The third kappa shape index (κ3) is 14.6. The first-order valence-corrected chi connectivity index (χ1v) is 34.6. The Labute approximate surface area is 541 Å². The Morgan fingerprint density at radius 1 is 0.761 bits per heavy atom. The molecule has 1 aromatic heterocycles. The molecule has 0 radical (unpaired) electrons. The van der Waals surface area contributed by atoms with Gasteiger partial charge in [-0.25, -0.2) is 8.78 Å². The molecule has 92 heavy (non-hydrogen) atoms. The first-order chi connectivity index (χ1) is 43.9. The van der Waals surface area contributed by atoms with Crippen LogP contribution in [0.4, 0.5) is 14.5 Å². The van der Waals surface area contributed by atoms with Crippen molar-refractivity contribution in [2.75, 3.05) is 64.5 Å². The molecule has 2 unspecified atom stereocenters. The molecule has 3 amide bonds. The zero-order valence-corrected chi connectivity index (χ0v) is 55.4. The van der Waals surface area contributed by atoms with E-state index in [9.17, 15) is 43.0 Å². The van der Waals surface area contributed by atoms with Crippen molar-refractivity contribution in [2.45, 2.75) is 253 Å². The molecule has 8 atom stereocenters. The lowest BCUT2D eigenvalue weighted by Gasteiger charge is -2.64. The van der Waals surface area contributed by atoms with Gasteiger partial charge < -0.3 is 50.3 Å². The van der Waals surface area contributed by atoms with Gasteiger partial charge in [0.1, 0.15) is 44.2 Å². The van der Waals surface area contributed by atoms with Crippen molar-refractivity contribution < 1.29 is 57.2 Å². The molecule has 1 spiro atoms. The average molecular weight is 1280 g/mol. The molecule has 3 saturated carbocycles. The number of piperidine rings is 2. The van der Waals surface area contributed by atoms with Crippen LogP contribution in [0.5, 0.6) is 11.5 Å². The average Bonchev–Trinajstić information content (AvgIpc) is 1.40. The predicted molar refractivity (Wildman–Crippen MR) is 344 cm³/mol. The van der Waals surface area contributed by atoms with Gasteiger partial charge in [0.05, 0.1) is 28.1 Å². The van der Waals surface area contributed by atoms with Crippen LogP contribution in [0, 0.1) is 18.8 Å². The molecule has 5 heterocycles. The predicted octanol–water partition coefficient (Wildman–Crippen LogP) is 8.20. The first-order valence-electron chi connectivity index (χ1n) is 34.6. The summed E-state index contributed by atoms with van der Waals surface area (Å²) in [4.78, 5) is 71.3. The number of benzene rings is 2. The quantitative estimate of drug-likeness (QED) is 0.0291. The maximum Gasteiger partial charge on any atom is 0.248 e. The van der Waals surface area contributed by atoms with Gasteiger partial charge in [0, 0.05) is 92.3 Å². The molecule has 3 aromatic rings. The lowest BCUT2D eigenvalue weighted by atomic mass is 9.48. The van der Waals surface area contributed by atoms with E-state index in [1.807, 2.05) is 51.1 Å². The zero-order valence-electron chi connectivity index (χ0n) is 55.4. The molecule has 20 nitrogen and oxygen atoms in total. The van der Waals surface area contributed by atoms with E-state index >= 15 is 0 Å². The zero-order chi connectivity index (χ0) is 65.3. The number of amides is 3. The number of fused-ring (bicyclic) bond motifs is 2. The van der Waals surface area contributed by atoms with Crippen molar-refractivity contribution in [1.82, 2.24) is 45.8 Å². The van der Waals surface area contributed by atoms with Gasteiger partial charge >= 0.3 is 0 Å². The second-order valence-electron chi connectivity index (χ2n) is 29.7. The number of aryl methyl sites for hydroxylation is 1. The van der Waals surface area contributed by atoms with Gasteiger partial charge in [-0.1, -0.05) is 51.3 Å². The third-order valence-corrected chi connectivity index (χ3v) is 22.1. The molecule has 6 fully saturated rings. The summed E-state index contributed by atoms with van der Waals surface area (Å²) < 4.78 is 48.5. The number of aliphatic hydroxyl groups is 1. The number of carbonyl (C=O) groups excluding carboxylic acids is 5. The van der Waals surface area contributed by atoms with E-state index in [2.05, 4.69) is 65.0 Å². The number of Topliss-reactive ketones (excluding diaryl/α,β-unsaturated/α-hetero) is 2. The monoisotopic (exact) mass is 1280 g/mol. The van der Waals surface area contributed by atoms with Crippen molar-refractivity contribution in [2.24, 2.45) is 11.8 Å². The molecular weight excluding hydrogens is 1180 g/mol.